The number of sulfonamides is 1. The zero-order chi connectivity index (χ0) is 36.5. The molecule has 0 spiro atoms. The Kier molecular flexibility index (Phi) is 13.6. The first-order valence-electron chi connectivity index (χ1n) is 16.3. The number of aromatic nitrogens is 1. The highest BCUT2D eigenvalue weighted by Gasteiger charge is 2.28. The van der Waals surface area contributed by atoms with E-state index in [1.54, 1.807) is 6.07 Å². The first-order valence-corrected chi connectivity index (χ1v) is 18.7. The molecule has 17 heteroatoms. The van der Waals surface area contributed by atoms with Crippen molar-refractivity contribution in [1.29, 1.82) is 0 Å². The Balaban J connectivity index is 1.37. The molecule has 1 N–H and O–H groups in total. The summed E-state index contributed by atoms with van der Waals surface area (Å²) in [4.78, 5) is 16.0. The monoisotopic (exact) mass is 773 g/mol. The van der Waals surface area contributed by atoms with E-state index in [4.69, 9.17) is 42.1 Å². The number of esters is 1. The van der Waals surface area contributed by atoms with Crippen molar-refractivity contribution < 1.29 is 50.4 Å². The highest BCUT2D eigenvalue weighted by atomic mass is 35.5. The number of nitrogens with one attached hydrogen (secondary N) is 1. The second kappa shape index (κ2) is 17.8. The van der Waals surface area contributed by atoms with Gasteiger partial charge in [-0.1, -0.05) is 35.3 Å². The number of carbonyl (C=O) groups excluding carboxylic acids is 1. The normalized spacial score (nSPS) is 15.8. The summed E-state index contributed by atoms with van der Waals surface area (Å²) in [5.41, 5.74) is 1.09. The van der Waals surface area contributed by atoms with Gasteiger partial charge in [0.25, 0.3) is 0 Å². The maximum atomic E-state index is 13.9. The predicted molar refractivity (Wildman–Crippen MR) is 184 cm³/mol. The predicted octanol–water partition coefficient (Wildman–Crippen LogP) is 5.31. The summed E-state index contributed by atoms with van der Waals surface area (Å²) in [6, 6.07) is 8.78. The lowest BCUT2D eigenvalue weighted by Gasteiger charge is -2.26. The van der Waals surface area contributed by atoms with Crippen LogP contribution in [0.25, 0.3) is 0 Å². The number of methoxy groups -OCH3 is 1. The van der Waals surface area contributed by atoms with Crippen LogP contribution in [0.5, 0.6) is 17.2 Å². The number of halogens is 4. The highest BCUT2D eigenvalue weighted by molar-refractivity contribution is 7.89. The molecular weight excluding hydrogens is 735 g/mol. The molecule has 1 aromatic heterocycles. The number of benzene rings is 2. The number of hydrogen-bond donors (Lipinski definition) is 1. The first-order chi connectivity index (χ1) is 24.4. The van der Waals surface area contributed by atoms with Crippen molar-refractivity contribution in [3.63, 3.8) is 0 Å². The van der Waals surface area contributed by atoms with Crippen molar-refractivity contribution in [3.05, 3.63) is 86.3 Å². The van der Waals surface area contributed by atoms with E-state index >= 15 is 0 Å². The van der Waals surface area contributed by atoms with Gasteiger partial charge in [-0.2, -0.15) is 13.5 Å². The van der Waals surface area contributed by atoms with Crippen LogP contribution in [-0.2, 0) is 32.5 Å². The molecule has 2 fully saturated rings. The van der Waals surface area contributed by atoms with E-state index in [1.807, 2.05) is 0 Å². The number of alkyl halides is 2. The molecule has 5 rings (SSSR count). The Labute approximate surface area is 305 Å². The van der Waals surface area contributed by atoms with Gasteiger partial charge in [0.15, 0.2) is 23.9 Å². The molecule has 2 aliphatic rings. The zero-order valence-electron chi connectivity index (χ0n) is 27.8. The summed E-state index contributed by atoms with van der Waals surface area (Å²) in [7, 11) is -2.26. The van der Waals surface area contributed by atoms with E-state index in [0.29, 0.717) is 53.5 Å². The number of hydrogen-bond acceptors (Lipinski definition) is 10. The quantitative estimate of drug-likeness (QED) is 0.103. The molecule has 0 amide bonds. The summed E-state index contributed by atoms with van der Waals surface area (Å²) in [5, 5.41) is 12.0. The number of ether oxygens (including phenoxy) is 5. The lowest BCUT2D eigenvalue weighted by atomic mass is 10.0. The molecule has 1 atom stereocenters. The molecule has 1 saturated carbocycles. The van der Waals surface area contributed by atoms with Crippen molar-refractivity contribution in [2.75, 3.05) is 52.3 Å². The SMILES string of the molecule is COc1ccc(CNS(=O)(=O)CCCN2CCOCC2)cc1C(=O)O[C@@H](Cc1c(Cl)c[n+]([O-])cc1Cl)c1ccc(OC(F)F)c(OCC2CC2)c1. The van der Waals surface area contributed by atoms with Crippen LogP contribution in [0.4, 0.5) is 8.78 Å². The van der Waals surface area contributed by atoms with E-state index in [2.05, 4.69) is 14.4 Å². The topological polar surface area (TPSA) is 140 Å². The molecule has 0 radical (unpaired) electrons. The Morgan fingerprint density at radius 2 is 1.78 bits per heavy atom. The van der Waals surface area contributed by atoms with Crippen molar-refractivity contribution in [1.82, 2.24) is 9.62 Å². The largest absolute Gasteiger partial charge is 0.619 e. The number of pyridine rings is 1. The summed E-state index contributed by atoms with van der Waals surface area (Å²) in [6.45, 7) is 0.504. The molecular formula is C34H39Cl2F2N3O9S. The van der Waals surface area contributed by atoms with E-state index in [-0.39, 0.29) is 58.2 Å². The van der Waals surface area contributed by atoms with Crippen molar-refractivity contribution >= 4 is 39.2 Å². The van der Waals surface area contributed by atoms with Gasteiger partial charge in [-0.15, -0.1) is 0 Å². The second-order valence-electron chi connectivity index (χ2n) is 12.2. The molecule has 278 valence electrons. The maximum Gasteiger partial charge on any atom is 0.387 e. The summed E-state index contributed by atoms with van der Waals surface area (Å²) in [5.74, 6) is -0.625. The van der Waals surface area contributed by atoms with Gasteiger partial charge in [0, 0.05) is 31.6 Å². The maximum absolute atomic E-state index is 13.9. The highest BCUT2D eigenvalue weighted by Crippen LogP contribution is 2.38. The number of morpholine rings is 1. The van der Waals surface area contributed by atoms with Crippen LogP contribution < -0.4 is 23.7 Å². The lowest BCUT2D eigenvalue weighted by molar-refractivity contribution is -0.605. The molecule has 1 saturated heterocycles. The van der Waals surface area contributed by atoms with Crippen molar-refractivity contribution in [2.45, 2.75) is 44.9 Å². The van der Waals surface area contributed by atoms with Gasteiger partial charge < -0.3 is 28.9 Å². The third-order valence-electron chi connectivity index (χ3n) is 8.39. The fourth-order valence-corrected chi connectivity index (χ4v) is 7.09. The Bertz CT molecular complexity index is 1750. The molecule has 3 aromatic rings. The second-order valence-corrected chi connectivity index (χ2v) is 15.0. The molecule has 1 aliphatic heterocycles. The minimum Gasteiger partial charge on any atom is -0.619 e. The van der Waals surface area contributed by atoms with Crippen LogP contribution in [-0.4, -0.2) is 78.2 Å². The minimum atomic E-state index is -3.63. The van der Waals surface area contributed by atoms with Gasteiger partial charge >= 0.3 is 12.6 Å². The minimum absolute atomic E-state index is 0.00275. The van der Waals surface area contributed by atoms with Gasteiger partial charge in [0.05, 0.1) is 32.7 Å². The van der Waals surface area contributed by atoms with E-state index in [9.17, 15) is 27.2 Å². The smallest absolute Gasteiger partial charge is 0.387 e. The number of rotatable bonds is 18. The fourth-order valence-electron chi connectivity index (χ4n) is 5.45. The van der Waals surface area contributed by atoms with Gasteiger partial charge in [-0.05, 0) is 67.1 Å². The molecule has 0 bridgehead atoms. The van der Waals surface area contributed by atoms with Crippen LogP contribution in [0.2, 0.25) is 10.0 Å². The first kappa shape index (κ1) is 38.8. The molecule has 51 heavy (non-hydrogen) atoms. The van der Waals surface area contributed by atoms with Crippen LogP contribution in [0, 0.1) is 11.1 Å². The molecule has 12 nitrogen and oxygen atoms in total. The Morgan fingerprint density at radius 3 is 2.45 bits per heavy atom. The van der Waals surface area contributed by atoms with Gasteiger partial charge in [-0.25, -0.2) is 17.9 Å². The standard InChI is InChI=1S/C34H39Cl2F2N3O9S/c1-46-29-7-5-23(18-39-51(44,45)14-2-9-40-10-12-47-13-11-40)15-26(29)33(42)49-31(17-25-27(35)19-41(43)20-28(25)36)24-6-8-30(50-34(37)38)32(16-24)48-21-22-3-4-22/h5-8,15-16,19-20,22,31,34,39H,2-4,9-14,17-18,21H2,1H3/t31-/m0/s1. The Hall–Kier alpha value is -3.47. The molecule has 2 aromatic carbocycles. The third kappa shape index (κ3) is 11.5. The van der Waals surface area contributed by atoms with E-state index in [0.717, 1.165) is 38.3 Å². The molecule has 2 heterocycles. The van der Waals surface area contributed by atoms with Gasteiger partial charge in [-0.3, -0.25) is 4.90 Å². The average molecular weight is 775 g/mol. The van der Waals surface area contributed by atoms with Crippen LogP contribution in [0.15, 0.2) is 48.8 Å². The molecule has 1 aliphatic carbocycles. The Morgan fingerprint density at radius 1 is 1.08 bits per heavy atom. The van der Waals surface area contributed by atoms with Crippen LogP contribution in [0.1, 0.15) is 52.4 Å². The number of carbonyl (C=O) groups is 1. The average Bonchev–Trinajstić information content (AvgIpc) is 3.93. The summed E-state index contributed by atoms with van der Waals surface area (Å²) >= 11 is 12.8. The number of nitrogens with zero attached hydrogens (tertiary/aromatic N) is 2. The van der Waals surface area contributed by atoms with E-state index < -0.39 is 28.7 Å². The van der Waals surface area contributed by atoms with E-state index in [1.165, 1.54) is 37.4 Å². The van der Waals surface area contributed by atoms with Gasteiger partial charge in [0.1, 0.15) is 27.5 Å². The molecule has 0 unspecified atom stereocenters. The van der Waals surface area contributed by atoms with Crippen molar-refractivity contribution in [3.8, 4) is 17.2 Å². The third-order valence-corrected chi connectivity index (χ3v) is 10.5. The lowest BCUT2D eigenvalue weighted by Crippen LogP contribution is -2.38. The van der Waals surface area contributed by atoms with Crippen LogP contribution >= 0.6 is 23.2 Å². The van der Waals surface area contributed by atoms with Gasteiger partial charge in [0.2, 0.25) is 10.0 Å². The zero-order valence-corrected chi connectivity index (χ0v) is 30.2. The van der Waals surface area contributed by atoms with Crippen LogP contribution in [0.3, 0.4) is 0 Å². The summed E-state index contributed by atoms with van der Waals surface area (Å²) in [6.07, 6.45) is 3.30. The fraction of sp³-hybridized carbons (Fsp3) is 0.471. The summed E-state index contributed by atoms with van der Waals surface area (Å²) < 4.78 is 82.3. The van der Waals surface area contributed by atoms with Crippen molar-refractivity contribution in [2.24, 2.45) is 5.92 Å².